The summed E-state index contributed by atoms with van der Waals surface area (Å²) in [6.45, 7) is 12.6. The van der Waals surface area contributed by atoms with Gasteiger partial charge in [-0.2, -0.15) is 0 Å². The molecule has 1 aliphatic heterocycles. The monoisotopic (exact) mass is 286 g/mol. The third-order valence-corrected chi connectivity index (χ3v) is 4.89. The molecule has 2 aromatic heterocycles. The lowest BCUT2D eigenvalue weighted by Crippen LogP contribution is -2.37. The van der Waals surface area contributed by atoms with E-state index in [4.69, 9.17) is 0 Å². The van der Waals surface area contributed by atoms with Crippen molar-refractivity contribution < 1.29 is 0 Å². The quantitative estimate of drug-likeness (QED) is 0.849. The van der Waals surface area contributed by atoms with Crippen LogP contribution in [0.3, 0.4) is 0 Å². The first-order chi connectivity index (χ1) is 9.95. The first-order valence-corrected chi connectivity index (χ1v) is 7.96. The number of hydrogen-bond acceptors (Lipinski definition) is 3. The zero-order chi connectivity index (χ0) is 15.0. The van der Waals surface area contributed by atoms with Gasteiger partial charge >= 0.3 is 0 Å². The van der Waals surface area contributed by atoms with Gasteiger partial charge in [0.25, 0.3) is 0 Å². The minimum Gasteiger partial charge on any atom is -0.297 e. The van der Waals surface area contributed by atoms with Crippen molar-refractivity contribution in [3.05, 3.63) is 29.8 Å². The number of piperidine rings is 1. The number of aryl methyl sites for hydroxylation is 1. The van der Waals surface area contributed by atoms with Gasteiger partial charge in [-0.3, -0.25) is 9.30 Å². The van der Waals surface area contributed by atoms with E-state index in [0.29, 0.717) is 5.41 Å². The third-order valence-electron chi connectivity index (χ3n) is 4.89. The van der Waals surface area contributed by atoms with E-state index in [1.54, 1.807) is 6.20 Å². The van der Waals surface area contributed by atoms with Crippen LogP contribution in [0.5, 0.6) is 0 Å². The van der Waals surface area contributed by atoms with Gasteiger partial charge in [0.15, 0.2) is 0 Å². The fraction of sp³-hybridized carbons (Fsp3) is 0.647. The Kier molecular flexibility index (Phi) is 3.74. The summed E-state index contributed by atoms with van der Waals surface area (Å²) in [6.07, 6.45) is 6.48. The van der Waals surface area contributed by atoms with Crippen molar-refractivity contribution in [1.29, 1.82) is 0 Å². The van der Waals surface area contributed by atoms with Crippen molar-refractivity contribution in [1.82, 2.24) is 19.3 Å². The van der Waals surface area contributed by atoms with Gasteiger partial charge in [-0.1, -0.05) is 20.8 Å². The summed E-state index contributed by atoms with van der Waals surface area (Å²) >= 11 is 0. The van der Waals surface area contributed by atoms with Crippen LogP contribution in [0.4, 0.5) is 0 Å². The highest BCUT2D eigenvalue weighted by molar-refractivity contribution is 5.34. The highest BCUT2D eigenvalue weighted by atomic mass is 15.2. The van der Waals surface area contributed by atoms with Crippen molar-refractivity contribution in [2.45, 2.75) is 47.1 Å². The Balaban J connectivity index is 1.71. The van der Waals surface area contributed by atoms with Crippen molar-refractivity contribution >= 4 is 5.78 Å². The van der Waals surface area contributed by atoms with Gasteiger partial charge in [-0.15, -0.1) is 0 Å². The lowest BCUT2D eigenvalue weighted by atomic mass is 9.75. The minimum atomic E-state index is 0.440. The zero-order valence-electron chi connectivity index (χ0n) is 13.6. The highest BCUT2D eigenvalue weighted by Gasteiger charge is 2.29. The summed E-state index contributed by atoms with van der Waals surface area (Å²) in [7, 11) is 0. The molecule has 21 heavy (non-hydrogen) atoms. The molecule has 0 N–H and O–H groups in total. The van der Waals surface area contributed by atoms with Crippen molar-refractivity contribution in [3.63, 3.8) is 0 Å². The molecule has 3 rings (SSSR count). The average Bonchev–Trinajstić information content (AvgIpc) is 2.75. The van der Waals surface area contributed by atoms with Gasteiger partial charge in [0, 0.05) is 18.9 Å². The van der Waals surface area contributed by atoms with E-state index in [9.17, 15) is 0 Å². The normalized spacial score (nSPS) is 18.5. The van der Waals surface area contributed by atoms with Crippen LogP contribution >= 0.6 is 0 Å². The van der Waals surface area contributed by atoms with Crippen LogP contribution < -0.4 is 0 Å². The second-order valence-electron chi connectivity index (χ2n) is 7.35. The summed E-state index contributed by atoms with van der Waals surface area (Å²) in [5.41, 5.74) is 2.83. The Bertz CT molecular complexity index is 615. The Labute approximate surface area is 127 Å². The van der Waals surface area contributed by atoms with Gasteiger partial charge in [0.2, 0.25) is 5.78 Å². The van der Waals surface area contributed by atoms with E-state index in [0.717, 1.165) is 23.9 Å². The van der Waals surface area contributed by atoms with E-state index in [1.165, 1.54) is 31.6 Å². The maximum Gasteiger partial charge on any atom is 0.234 e. The van der Waals surface area contributed by atoms with E-state index in [-0.39, 0.29) is 0 Å². The summed E-state index contributed by atoms with van der Waals surface area (Å²) in [5.74, 6) is 1.66. The van der Waals surface area contributed by atoms with Crippen molar-refractivity contribution in [2.24, 2.45) is 11.3 Å². The molecule has 1 fully saturated rings. The number of nitrogens with zero attached hydrogens (tertiary/aromatic N) is 4. The number of hydrogen-bond donors (Lipinski definition) is 0. The van der Waals surface area contributed by atoms with E-state index in [2.05, 4.69) is 53.2 Å². The molecule has 0 spiro atoms. The summed E-state index contributed by atoms with van der Waals surface area (Å²) in [4.78, 5) is 11.5. The first-order valence-electron chi connectivity index (χ1n) is 7.96. The lowest BCUT2D eigenvalue weighted by Gasteiger charge is -2.38. The molecule has 0 bridgehead atoms. The molecular weight excluding hydrogens is 260 g/mol. The molecular formula is C17H26N4. The molecule has 0 atom stereocenters. The number of rotatable bonds is 2. The molecule has 0 saturated carbocycles. The maximum absolute atomic E-state index is 4.56. The predicted octanol–water partition coefficient (Wildman–Crippen LogP) is 3.30. The van der Waals surface area contributed by atoms with E-state index < -0.39 is 0 Å². The lowest BCUT2D eigenvalue weighted by molar-refractivity contribution is 0.107. The number of aromatic nitrogens is 3. The minimum absolute atomic E-state index is 0.440. The summed E-state index contributed by atoms with van der Waals surface area (Å²) in [5, 5.41) is 0. The average molecular weight is 286 g/mol. The molecule has 2 aromatic rings. The largest absolute Gasteiger partial charge is 0.297 e. The fourth-order valence-corrected chi connectivity index (χ4v) is 3.40. The smallest absolute Gasteiger partial charge is 0.234 e. The Hall–Kier alpha value is -1.42. The molecule has 0 amide bonds. The van der Waals surface area contributed by atoms with E-state index >= 15 is 0 Å². The molecule has 3 heterocycles. The van der Waals surface area contributed by atoms with Gasteiger partial charge in [-0.05, 0) is 50.3 Å². The van der Waals surface area contributed by atoms with Gasteiger partial charge in [0.05, 0.1) is 11.4 Å². The van der Waals surface area contributed by atoms with Crippen LogP contribution in [-0.4, -0.2) is 32.4 Å². The van der Waals surface area contributed by atoms with Gasteiger partial charge < -0.3 is 0 Å². The number of fused-ring (bicyclic) bond motifs is 1. The van der Waals surface area contributed by atoms with Crippen LogP contribution in [0.25, 0.3) is 5.78 Å². The molecule has 0 aliphatic carbocycles. The summed E-state index contributed by atoms with van der Waals surface area (Å²) in [6, 6.07) is 1.98. The molecule has 4 nitrogen and oxygen atoms in total. The Morgan fingerprint density at radius 1 is 1.24 bits per heavy atom. The maximum atomic E-state index is 4.56. The highest BCUT2D eigenvalue weighted by Crippen LogP contribution is 2.34. The standard InChI is InChI=1S/C17H26N4/c1-13-15(21-9-5-8-18-16(21)19-13)12-20-10-6-14(7-11-20)17(2,3)4/h5,8-9,14H,6-7,10-12H2,1-4H3. The molecule has 0 unspecified atom stereocenters. The number of imidazole rings is 1. The van der Waals surface area contributed by atoms with Crippen LogP contribution in [0.15, 0.2) is 18.5 Å². The molecule has 4 heteroatoms. The topological polar surface area (TPSA) is 33.4 Å². The molecule has 0 radical (unpaired) electrons. The second-order valence-corrected chi connectivity index (χ2v) is 7.35. The van der Waals surface area contributed by atoms with Crippen LogP contribution in [0, 0.1) is 18.3 Å². The fourth-order valence-electron chi connectivity index (χ4n) is 3.40. The molecule has 1 saturated heterocycles. The molecule has 0 aromatic carbocycles. The predicted molar refractivity (Wildman–Crippen MR) is 85.2 cm³/mol. The van der Waals surface area contributed by atoms with Crippen molar-refractivity contribution in [2.75, 3.05) is 13.1 Å². The second kappa shape index (κ2) is 5.41. The van der Waals surface area contributed by atoms with Crippen LogP contribution in [-0.2, 0) is 6.54 Å². The van der Waals surface area contributed by atoms with Crippen LogP contribution in [0.1, 0.15) is 45.0 Å². The van der Waals surface area contributed by atoms with Gasteiger partial charge in [0.1, 0.15) is 0 Å². The summed E-state index contributed by atoms with van der Waals surface area (Å²) < 4.78 is 2.13. The number of likely N-dealkylation sites (tertiary alicyclic amines) is 1. The zero-order valence-corrected chi connectivity index (χ0v) is 13.6. The van der Waals surface area contributed by atoms with Gasteiger partial charge in [-0.25, -0.2) is 9.97 Å². The van der Waals surface area contributed by atoms with E-state index in [1.807, 2.05) is 6.07 Å². The molecule has 114 valence electrons. The van der Waals surface area contributed by atoms with Crippen LogP contribution in [0.2, 0.25) is 0 Å². The van der Waals surface area contributed by atoms with Crippen molar-refractivity contribution in [3.8, 4) is 0 Å². The Morgan fingerprint density at radius 3 is 2.62 bits per heavy atom. The first kappa shape index (κ1) is 14.5. The SMILES string of the molecule is Cc1nc2ncccn2c1CN1CCC(C(C)(C)C)CC1. The molecule has 1 aliphatic rings. The Morgan fingerprint density at radius 2 is 1.95 bits per heavy atom. The third kappa shape index (κ3) is 2.95.